The summed E-state index contributed by atoms with van der Waals surface area (Å²) >= 11 is 0. The van der Waals surface area contributed by atoms with Gasteiger partial charge in [0.05, 0.1) is 0 Å². The van der Waals surface area contributed by atoms with E-state index >= 15 is 0 Å². The van der Waals surface area contributed by atoms with Crippen molar-refractivity contribution in [2.75, 3.05) is 26.2 Å². The Bertz CT molecular complexity index is 827. The van der Waals surface area contributed by atoms with Gasteiger partial charge in [0, 0.05) is 68.6 Å². The van der Waals surface area contributed by atoms with E-state index in [0.29, 0.717) is 6.04 Å². The van der Waals surface area contributed by atoms with Crippen LogP contribution in [0.5, 0.6) is 0 Å². The van der Waals surface area contributed by atoms with Gasteiger partial charge in [-0.3, -0.25) is 14.7 Å². The summed E-state index contributed by atoms with van der Waals surface area (Å²) in [4.78, 5) is 21.0. The van der Waals surface area contributed by atoms with Crippen LogP contribution < -0.4 is 0 Å². The second kappa shape index (κ2) is 7.69. The zero-order valence-electron chi connectivity index (χ0n) is 16.3. The summed E-state index contributed by atoms with van der Waals surface area (Å²) in [5.41, 5.74) is 5.02. The Balaban J connectivity index is 1.32. The maximum atomic E-state index is 12.6. The predicted octanol–water partition coefficient (Wildman–Crippen LogP) is 3.19. The van der Waals surface area contributed by atoms with Crippen LogP contribution >= 0.6 is 0 Å². The van der Waals surface area contributed by atoms with Crippen LogP contribution in [-0.2, 0) is 11.3 Å². The molecular weight excluding hydrogens is 336 g/mol. The summed E-state index contributed by atoms with van der Waals surface area (Å²) in [6.07, 6.45) is 9.97. The maximum absolute atomic E-state index is 12.6. The first-order valence-electron chi connectivity index (χ1n) is 9.88. The Morgan fingerprint density at radius 3 is 2.52 bits per heavy atom. The molecule has 0 atom stereocenters. The Hall–Kier alpha value is -2.40. The third-order valence-corrected chi connectivity index (χ3v) is 5.68. The molecule has 1 saturated carbocycles. The minimum absolute atomic E-state index is 0.120. The maximum Gasteiger partial charge on any atom is 0.246 e. The minimum Gasteiger partial charge on any atom is -0.346 e. The molecule has 142 valence electrons. The molecular formula is C22H28N4O. The van der Waals surface area contributed by atoms with Crippen LogP contribution in [0.1, 0.15) is 41.4 Å². The monoisotopic (exact) mass is 364 g/mol. The van der Waals surface area contributed by atoms with Gasteiger partial charge in [0.25, 0.3) is 0 Å². The van der Waals surface area contributed by atoms with Crippen LogP contribution in [0.4, 0.5) is 0 Å². The molecule has 2 aromatic heterocycles. The van der Waals surface area contributed by atoms with Crippen molar-refractivity contribution in [1.82, 2.24) is 19.4 Å². The van der Waals surface area contributed by atoms with Crippen LogP contribution in [0.15, 0.2) is 36.7 Å². The quantitative estimate of drug-likeness (QED) is 0.765. The second-order valence-corrected chi connectivity index (χ2v) is 7.72. The van der Waals surface area contributed by atoms with E-state index in [-0.39, 0.29) is 5.91 Å². The number of aryl methyl sites for hydroxylation is 1. The molecule has 0 N–H and O–H groups in total. The summed E-state index contributed by atoms with van der Waals surface area (Å²) in [5, 5.41) is 0. The molecule has 0 spiro atoms. The zero-order chi connectivity index (χ0) is 18.8. The van der Waals surface area contributed by atoms with Crippen LogP contribution in [0.25, 0.3) is 6.08 Å². The van der Waals surface area contributed by atoms with Crippen molar-refractivity contribution in [2.45, 2.75) is 39.3 Å². The van der Waals surface area contributed by atoms with Gasteiger partial charge >= 0.3 is 0 Å². The van der Waals surface area contributed by atoms with Crippen molar-refractivity contribution in [2.24, 2.45) is 0 Å². The highest BCUT2D eigenvalue weighted by Gasteiger charge is 2.26. The summed E-state index contributed by atoms with van der Waals surface area (Å²) in [7, 11) is 0. The molecule has 1 amide bonds. The molecule has 3 heterocycles. The molecule has 2 aliphatic rings. The molecule has 5 nitrogen and oxygen atoms in total. The van der Waals surface area contributed by atoms with E-state index in [4.69, 9.17) is 0 Å². The summed E-state index contributed by atoms with van der Waals surface area (Å²) in [6, 6.07) is 6.98. The smallest absolute Gasteiger partial charge is 0.246 e. The molecule has 5 heteroatoms. The third-order valence-electron chi connectivity index (χ3n) is 5.68. The van der Waals surface area contributed by atoms with Gasteiger partial charge in [0.1, 0.15) is 0 Å². The number of rotatable bonds is 5. The van der Waals surface area contributed by atoms with Crippen molar-refractivity contribution in [3.8, 4) is 0 Å². The molecule has 2 aromatic rings. The summed E-state index contributed by atoms with van der Waals surface area (Å²) in [5.74, 6) is 0.120. The van der Waals surface area contributed by atoms with Crippen LogP contribution in [0.3, 0.4) is 0 Å². The van der Waals surface area contributed by atoms with E-state index in [1.54, 1.807) is 6.08 Å². The molecule has 0 bridgehead atoms. The Labute approximate surface area is 161 Å². The molecule has 27 heavy (non-hydrogen) atoms. The molecule has 0 radical (unpaired) electrons. The zero-order valence-corrected chi connectivity index (χ0v) is 16.3. The van der Waals surface area contributed by atoms with E-state index in [1.807, 2.05) is 23.4 Å². The fourth-order valence-electron chi connectivity index (χ4n) is 4.01. The Morgan fingerprint density at radius 1 is 1.15 bits per heavy atom. The highest BCUT2D eigenvalue weighted by Crippen LogP contribution is 2.38. The molecule has 0 unspecified atom stereocenters. The van der Waals surface area contributed by atoms with Crippen LogP contribution in [-0.4, -0.2) is 51.4 Å². The Kier molecular flexibility index (Phi) is 5.12. The lowest BCUT2D eigenvalue weighted by Crippen LogP contribution is -2.47. The van der Waals surface area contributed by atoms with E-state index in [2.05, 4.69) is 46.5 Å². The highest BCUT2D eigenvalue weighted by molar-refractivity contribution is 5.92. The number of aromatic nitrogens is 2. The molecule has 4 rings (SSSR count). The lowest BCUT2D eigenvalue weighted by molar-refractivity contribution is -0.127. The number of nitrogens with zero attached hydrogens (tertiary/aromatic N) is 4. The van der Waals surface area contributed by atoms with E-state index < -0.39 is 0 Å². The number of pyridine rings is 1. The topological polar surface area (TPSA) is 41.4 Å². The number of amides is 1. The van der Waals surface area contributed by atoms with Gasteiger partial charge in [-0.15, -0.1) is 0 Å². The molecule has 1 saturated heterocycles. The van der Waals surface area contributed by atoms with Gasteiger partial charge in [-0.1, -0.05) is 0 Å². The minimum atomic E-state index is 0.120. The fraction of sp³-hybridized carbons (Fsp3) is 0.455. The van der Waals surface area contributed by atoms with Crippen LogP contribution in [0, 0.1) is 13.8 Å². The van der Waals surface area contributed by atoms with Crippen molar-refractivity contribution in [3.63, 3.8) is 0 Å². The van der Waals surface area contributed by atoms with Crippen molar-refractivity contribution in [1.29, 1.82) is 0 Å². The molecule has 0 aromatic carbocycles. The normalized spacial score (nSPS) is 18.4. The molecule has 2 fully saturated rings. The largest absolute Gasteiger partial charge is 0.346 e. The van der Waals surface area contributed by atoms with Crippen molar-refractivity contribution >= 4 is 12.0 Å². The number of piperazine rings is 1. The SMILES string of the molecule is Cc1cc(/C=C/C(=O)N2CCN(Cc3ccncc3)CC2)c(C)n1C1CC1. The lowest BCUT2D eigenvalue weighted by atomic mass is 10.2. The first-order valence-corrected chi connectivity index (χ1v) is 9.88. The van der Waals surface area contributed by atoms with Crippen molar-refractivity contribution in [3.05, 3.63) is 59.2 Å². The van der Waals surface area contributed by atoms with Gasteiger partial charge in [-0.25, -0.2) is 0 Å². The van der Waals surface area contributed by atoms with Gasteiger partial charge in [0.15, 0.2) is 0 Å². The number of carbonyl (C=O) groups excluding carboxylic acids is 1. The van der Waals surface area contributed by atoms with E-state index in [9.17, 15) is 4.79 Å². The first kappa shape index (κ1) is 18.0. The van der Waals surface area contributed by atoms with E-state index in [0.717, 1.165) is 32.7 Å². The average Bonchev–Trinajstić information content (AvgIpc) is 3.47. The van der Waals surface area contributed by atoms with Crippen LogP contribution in [0.2, 0.25) is 0 Å². The second-order valence-electron chi connectivity index (χ2n) is 7.72. The number of hydrogen-bond acceptors (Lipinski definition) is 3. The average molecular weight is 364 g/mol. The lowest BCUT2D eigenvalue weighted by Gasteiger charge is -2.34. The first-order chi connectivity index (χ1) is 13.1. The number of hydrogen-bond donors (Lipinski definition) is 0. The summed E-state index contributed by atoms with van der Waals surface area (Å²) in [6.45, 7) is 8.65. The summed E-state index contributed by atoms with van der Waals surface area (Å²) < 4.78 is 2.42. The third kappa shape index (κ3) is 4.14. The molecule has 1 aliphatic carbocycles. The molecule has 1 aliphatic heterocycles. The fourth-order valence-corrected chi connectivity index (χ4v) is 4.01. The number of carbonyl (C=O) groups is 1. The van der Waals surface area contributed by atoms with Gasteiger partial charge in [-0.05, 0) is 62.1 Å². The predicted molar refractivity (Wildman–Crippen MR) is 107 cm³/mol. The Morgan fingerprint density at radius 2 is 1.85 bits per heavy atom. The standard InChI is InChI=1S/C22H28N4O/c1-17-15-20(18(2)26(17)21-4-5-21)3-6-22(27)25-13-11-24(12-14-25)16-19-7-9-23-10-8-19/h3,6-10,15,21H,4-5,11-14,16H2,1-2H3/b6-3+. The van der Waals surface area contributed by atoms with Crippen molar-refractivity contribution < 1.29 is 4.79 Å². The van der Waals surface area contributed by atoms with Gasteiger partial charge in [-0.2, -0.15) is 0 Å². The van der Waals surface area contributed by atoms with Gasteiger partial charge < -0.3 is 9.47 Å². The van der Waals surface area contributed by atoms with E-state index in [1.165, 1.54) is 35.4 Å². The van der Waals surface area contributed by atoms with Gasteiger partial charge in [0.2, 0.25) is 5.91 Å². The highest BCUT2D eigenvalue weighted by atomic mass is 16.2.